The number of halogens is 1. The summed E-state index contributed by atoms with van der Waals surface area (Å²) in [4.78, 5) is 11.3. The van der Waals surface area contributed by atoms with Gasteiger partial charge in [0.15, 0.2) is 0 Å². The van der Waals surface area contributed by atoms with E-state index in [2.05, 4.69) is 6.58 Å². The van der Waals surface area contributed by atoms with Crippen LogP contribution >= 0.6 is 11.6 Å². The number of carbonyl (C=O) groups excluding carboxylic acids is 1. The molecule has 0 radical (unpaired) electrons. The number of hydrogen-bond donors (Lipinski definition) is 0. The summed E-state index contributed by atoms with van der Waals surface area (Å²) >= 11 is 5.66. The molecule has 0 spiro atoms. The monoisotopic (exact) mass is 208 g/mol. The van der Waals surface area contributed by atoms with Crippen molar-refractivity contribution in [3.8, 4) is 0 Å². The third kappa shape index (κ3) is 3.07. The van der Waals surface area contributed by atoms with Gasteiger partial charge < -0.3 is 4.74 Å². The van der Waals surface area contributed by atoms with E-state index in [4.69, 9.17) is 16.3 Å². The van der Waals surface area contributed by atoms with E-state index in [0.717, 1.165) is 0 Å². The van der Waals surface area contributed by atoms with Crippen LogP contribution in [0, 0.1) is 0 Å². The van der Waals surface area contributed by atoms with E-state index < -0.39 is 5.97 Å². The summed E-state index contributed by atoms with van der Waals surface area (Å²) in [5.74, 6) is -0.417. The maximum absolute atomic E-state index is 11.3. The van der Waals surface area contributed by atoms with Gasteiger partial charge in [-0.15, -0.1) is 0 Å². The first-order valence-electron chi connectivity index (χ1n) is 3.98. The molecule has 0 amide bonds. The fourth-order valence-corrected chi connectivity index (χ4v) is 0.937. The summed E-state index contributed by atoms with van der Waals surface area (Å²) in [7, 11) is 0. The highest BCUT2D eigenvalue weighted by Crippen LogP contribution is 2.10. The quantitative estimate of drug-likeness (QED) is 0.433. The summed E-state index contributed by atoms with van der Waals surface area (Å²) in [5, 5.41) is 0.586. The lowest BCUT2D eigenvalue weighted by atomic mass is 10.2. The zero-order valence-electron chi connectivity index (χ0n) is 7.44. The molecule has 0 atom stereocenters. The van der Waals surface area contributed by atoms with Crippen molar-refractivity contribution < 1.29 is 9.53 Å². The van der Waals surface area contributed by atoms with Gasteiger partial charge >= 0.3 is 5.97 Å². The minimum Gasteiger partial charge on any atom is -0.431 e. The van der Waals surface area contributed by atoms with Crippen LogP contribution < -0.4 is 0 Å². The van der Waals surface area contributed by atoms with Crippen molar-refractivity contribution in [3.05, 3.63) is 59.8 Å². The van der Waals surface area contributed by atoms with Crippen LogP contribution in [0.3, 0.4) is 0 Å². The average Bonchev–Trinajstić information content (AvgIpc) is 2.19. The number of benzene rings is 1. The van der Waals surface area contributed by atoms with Gasteiger partial charge in [-0.05, 0) is 30.3 Å². The minimum absolute atomic E-state index is 0.417. The summed E-state index contributed by atoms with van der Waals surface area (Å²) in [5.41, 5.74) is 0.461. The van der Waals surface area contributed by atoms with Gasteiger partial charge in [0.05, 0.1) is 11.8 Å². The summed E-state index contributed by atoms with van der Waals surface area (Å²) in [6, 6.07) is 6.48. The molecule has 72 valence electrons. The van der Waals surface area contributed by atoms with Gasteiger partial charge in [0.25, 0.3) is 0 Å². The molecule has 1 aromatic carbocycles. The molecule has 0 fully saturated rings. The Labute approximate surface area is 87.5 Å². The molecule has 1 aromatic rings. The van der Waals surface area contributed by atoms with E-state index in [1.165, 1.54) is 18.4 Å². The third-order valence-corrected chi connectivity index (χ3v) is 1.72. The SMILES string of the molecule is C=C/C=C/OC(=O)c1ccc(Cl)cc1. The van der Waals surface area contributed by atoms with E-state index >= 15 is 0 Å². The Bertz CT molecular complexity index is 352. The number of allylic oxidation sites excluding steroid dienone is 2. The molecule has 1 rings (SSSR count). The second-order valence-corrected chi connectivity index (χ2v) is 2.91. The Balaban J connectivity index is 2.65. The summed E-state index contributed by atoms with van der Waals surface area (Å²) in [6.07, 6.45) is 4.34. The van der Waals surface area contributed by atoms with Gasteiger partial charge in [-0.1, -0.05) is 24.3 Å². The predicted molar refractivity (Wildman–Crippen MR) is 56.2 cm³/mol. The molecule has 0 heterocycles. The first kappa shape index (κ1) is 10.5. The van der Waals surface area contributed by atoms with Gasteiger partial charge in [-0.2, -0.15) is 0 Å². The van der Waals surface area contributed by atoms with Crippen molar-refractivity contribution in [2.45, 2.75) is 0 Å². The van der Waals surface area contributed by atoms with Crippen LogP contribution in [0.1, 0.15) is 10.4 Å². The topological polar surface area (TPSA) is 26.3 Å². The van der Waals surface area contributed by atoms with Crippen molar-refractivity contribution in [3.63, 3.8) is 0 Å². The smallest absolute Gasteiger partial charge is 0.342 e. The molecular weight excluding hydrogens is 200 g/mol. The summed E-state index contributed by atoms with van der Waals surface area (Å²) < 4.78 is 4.77. The van der Waals surface area contributed by atoms with Crippen LogP contribution in [0.25, 0.3) is 0 Å². The third-order valence-electron chi connectivity index (χ3n) is 1.47. The maximum Gasteiger partial charge on any atom is 0.342 e. The van der Waals surface area contributed by atoms with Gasteiger partial charge in [-0.25, -0.2) is 4.79 Å². The Hall–Kier alpha value is -1.54. The molecular formula is C11H9ClO2. The van der Waals surface area contributed by atoms with Gasteiger partial charge in [0.1, 0.15) is 0 Å². The van der Waals surface area contributed by atoms with E-state index in [9.17, 15) is 4.79 Å². The van der Waals surface area contributed by atoms with E-state index in [-0.39, 0.29) is 0 Å². The van der Waals surface area contributed by atoms with E-state index in [1.807, 2.05) is 0 Å². The Morgan fingerprint density at radius 1 is 1.36 bits per heavy atom. The molecule has 0 aliphatic heterocycles. The van der Waals surface area contributed by atoms with Crippen LogP contribution in [0.2, 0.25) is 5.02 Å². The van der Waals surface area contributed by atoms with Crippen molar-refractivity contribution in [2.24, 2.45) is 0 Å². The fraction of sp³-hybridized carbons (Fsp3) is 0. The fourth-order valence-electron chi connectivity index (χ4n) is 0.811. The molecule has 0 N–H and O–H groups in total. The van der Waals surface area contributed by atoms with Crippen LogP contribution in [0.4, 0.5) is 0 Å². The number of ether oxygens (including phenoxy) is 1. The molecule has 0 unspecified atom stereocenters. The normalized spacial score (nSPS) is 10.1. The zero-order chi connectivity index (χ0) is 10.4. The van der Waals surface area contributed by atoms with Crippen molar-refractivity contribution in [1.29, 1.82) is 0 Å². The zero-order valence-corrected chi connectivity index (χ0v) is 8.20. The highest BCUT2D eigenvalue weighted by Gasteiger charge is 2.03. The second kappa shape index (κ2) is 5.25. The minimum atomic E-state index is -0.417. The first-order chi connectivity index (χ1) is 6.74. The van der Waals surface area contributed by atoms with Gasteiger partial charge in [0, 0.05) is 5.02 Å². The largest absolute Gasteiger partial charge is 0.431 e. The lowest BCUT2D eigenvalue weighted by Gasteiger charge is -1.98. The molecule has 0 aromatic heterocycles. The van der Waals surface area contributed by atoms with Crippen LogP contribution in [-0.2, 0) is 4.74 Å². The molecule has 0 bridgehead atoms. The summed E-state index contributed by atoms with van der Waals surface area (Å²) in [6.45, 7) is 3.45. The van der Waals surface area contributed by atoms with Crippen molar-refractivity contribution >= 4 is 17.6 Å². The second-order valence-electron chi connectivity index (χ2n) is 2.48. The first-order valence-corrected chi connectivity index (χ1v) is 4.36. The van der Waals surface area contributed by atoms with Crippen molar-refractivity contribution in [1.82, 2.24) is 0 Å². The highest BCUT2D eigenvalue weighted by molar-refractivity contribution is 6.30. The Morgan fingerprint density at radius 2 is 2.00 bits per heavy atom. The Morgan fingerprint density at radius 3 is 2.57 bits per heavy atom. The average molecular weight is 209 g/mol. The van der Waals surface area contributed by atoms with Crippen LogP contribution in [-0.4, -0.2) is 5.97 Å². The van der Waals surface area contributed by atoms with E-state index in [0.29, 0.717) is 10.6 Å². The standard InChI is InChI=1S/C11H9ClO2/c1-2-3-8-14-11(13)9-4-6-10(12)7-5-9/h2-8H,1H2/b8-3+. The van der Waals surface area contributed by atoms with E-state index in [1.54, 1.807) is 24.3 Å². The maximum atomic E-state index is 11.3. The van der Waals surface area contributed by atoms with Crippen LogP contribution in [0.5, 0.6) is 0 Å². The van der Waals surface area contributed by atoms with Crippen molar-refractivity contribution in [2.75, 3.05) is 0 Å². The molecule has 0 aliphatic carbocycles. The highest BCUT2D eigenvalue weighted by atomic mass is 35.5. The molecule has 0 aliphatic rings. The number of hydrogen-bond acceptors (Lipinski definition) is 2. The lowest BCUT2D eigenvalue weighted by molar-refractivity contribution is 0.0663. The molecule has 14 heavy (non-hydrogen) atoms. The van der Waals surface area contributed by atoms with Crippen LogP contribution in [0.15, 0.2) is 49.3 Å². The number of carbonyl (C=O) groups is 1. The number of rotatable bonds is 3. The number of esters is 1. The molecule has 2 nitrogen and oxygen atoms in total. The van der Waals surface area contributed by atoms with Gasteiger partial charge in [0.2, 0.25) is 0 Å². The van der Waals surface area contributed by atoms with Gasteiger partial charge in [-0.3, -0.25) is 0 Å². The molecule has 0 saturated carbocycles. The molecule has 3 heteroatoms. The lowest BCUT2D eigenvalue weighted by Crippen LogP contribution is -1.99. The predicted octanol–water partition coefficient (Wildman–Crippen LogP) is 3.20. The molecule has 0 saturated heterocycles. The Kier molecular flexibility index (Phi) is 3.95.